The highest BCUT2D eigenvalue weighted by Crippen LogP contribution is 2.36. The van der Waals surface area contributed by atoms with E-state index in [4.69, 9.17) is 14.6 Å². The SMILES string of the molecule is COc1c(F)cc(F)c(CC(C)C(=O)O)c1OC. The molecule has 0 spiro atoms. The lowest BCUT2D eigenvalue weighted by Crippen LogP contribution is -2.14. The van der Waals surface area contributed by atoms with Gasteiger partial charge in [0, 0.05) is 11.6 Å². The van der Waals surface area contributed by atoms with E-state index in [1.807, 2.05) is 0 Å². The number of aliphatic carboxylic acids is 1. The molecule has 0 radical (unpaired) electrons. The Labute approximate surface area is 103 Å². The predicted octanol–water partition coefficient (Wildman–Crippen LogP) is 2.25. The van der Waals surface area contributed by atoms with Crippen LogP contribution in [0.3, 0.4) is 0 Å². The Balaban J connectivity index is 3.29. The van der Waals surface area contributed by atoms with Crippen LogP contribution in [0.4, 0.5) is 8.78 Å². The average molecular weight is 260 g/mol. The van der Waals surface area contributed by atoms with Crippen molar-refractivity contribution >= 4 is 5.97 Å². The molecule has 1 atom stereocenters. The maximum Gasteiger partial charge on any atom is 0.306 e. The number of carboxylic acids is 1. The number of benzene rings is 1. The van der Waals surface area contributed by atoms with Gasteiger partial charge in [0.1, 0.15) is 5.82 Å². The van der Waals surface area contributed by atoms with Crippen molar-refractivity contribution in [1.82, 2.24) is 0 Å². The van der Waals surface area contributed by atoms with Crippen LogP contribution in [0.15, 0.2) is 6.07 Å². The van der Waals surface area contributed by atoms with Gasteiger partial charge in [-0.05, 0) is 6.42 Å². The Morgan fingerprint density at radius 3 is 2.28 bits per heavy atom. The van der Waals surface area contributed by atoms with Gasteiger partial charge in [-0.2, -0.15) is 0 Å². The zero-order chi connectivity index (χ0) is 13.9. The van der Waals surface area contributed by atoms with E-state index in [-0.39, 0.29) is 23.5 Å². The molecule has 0 saturated carbocycles. The summed E-state index contributed by atoms with van der Waals surface area (Å²) in [5, 5.41) is 8.81. The Morgan fingerprint density at radius 1 is 1.28 bits per heavy atom. The number of methoxy groups -OCH3 is 2. The third-order valence-electron chi connectivity index (χ3n) is 2.58. The molecule has 1 unspecified atom stereocenters. The van der Waals surface area contributed by atoms with Crippen LogP contribution in [-0.2, 0) is 11.2 Å². The standard InChI is InChI=1S/C12H14F2O4/c1-6(12(15)16)4-7-8(13)5-9(14)11(18-3)10(7)17-2/h5-6H,4H2,1-3H3,(H,15,16). The molecule has 0 amide bonds. The highest BCUT2D eigenvalue weighted by molar-refractivity contribution is 5.70. The summed E-state index contributed by atoms with van der Waals surface area (Å²) < 4.78 is 36.8. The van der Waals surface area contributed by atoms with Crippen LogP contribution in [0.2, 0.25) is 0 Å². The highest BCUT2D eigenvalue weighted by Gasteiger charge is 2.23. The van der Waals surface area contributed by atoms with Crippen molar-refractivity contribution in [3.05, 3.63) is 23.3 Å². The van der Waals surface area contributed by atoms with E-state index in [0.29, 0.717) is 6.07 Å². The average Bonchev–Trinajstić information content (AvgIpc) is 2.31. The first-order valence-corrected chi connectivity index (χ1v) is 5.24. The fourth-order valence-electron chi connectivity index (χ4n) is 1.61. The molecule has 0 bridgehead atoms. The van der Waals surface area contributed by atoms with E-state index in [1.165, 1.54) is 21.1 Å². The molecule has 0 aliphatic heterocycles. The lowest BCUT2D eigenvalue weighted by molar-refractivity contribution is -0.141. The van der Waals surface area contributed by atoms with Crippen molar-refractivity contribution in [2.75, 3.05) is 14.2 Å². The van der Waals surface area contributed by atoms with Crippen LogP contribution in [-0.4, -0.2) is 25.3 Å². The molecule has 0 aliphatic carbocycles. The number of ether oxygens (including phenoxy) is 2. The molecular weight excluding hydrogens is 246 g/mol. The van der Waals surface area contributed by atoms with Gasteiger partial charge in [-0.15, -0.1) is 0 Å². The van der Waals surface area contributed by atoms with Crippen LogP contribution < -0.4 is 9.47 Å². The van der Waals surface area contributed by atoms with Crippen molar-refractivity contribution in [3.63, 3.8) is 0 Å². The van der Waals surface area contributed by atoms with Crippen molar-refractivity contribution in [2.24, 2.45) is 5.92 Å². The minimum Gasteiger partial charge on any atom is -0.492 e. The third-order valence-corrected chi connectivity index (χ3v) is 2.58. The van der Waals surface area contributed by atoms with E-state index >= 15 is 0 Å². The smallest absolute Gasteiger partial charge is 0.306 e. The fraction of sp³-hybridized carbons (Fsp3) is 0.417. The Kier molecular flexibility index (Phi) is 4.47. The summed E-state index contributed by atoms with van der Waals surface area (Å²) in [6.07, 6.45) is -0.110. The number of carbonyl (C=O) groups is 1. The second kappa shape index (κ2) is 5.66. The number of rotatable bonds is 5. The molecule has 18 heavy (non-hydrogen) atoms. The van der Waals surface area contributed by atoms with Gasteiger partial charge < -0.3 is 14.6 Å². The first-order valence-electron chi connectivity index (χ1n) is 5.24. The quantitative estimate of drug-likeness (QED) is 0.882. The summed E-state index contributed by atoms with van der Waals surface area (Å²) >= 11 is 0. The summed E-state index contributed by atoms with van der Waals surface area (Å²) in [6, 6.07) is 0.658. The van der Waals surface area contributed by atoms with Gasteiger partial charge in [0.15, 0.2) is 17.3 Å². The van der Waals surface area contributed by atoms with Crippen LogP contribution in [0, 0.1) is 17.6 Å². The molecule has 0 aliphatic rings. The third kappa shape index (κ3) is 2.69. The summed E-state index contributed by atoms with van der Waals surface area (Å²) in [6.45, 7) is 1.43. The van der Waals surface area contributed by atoms with Gasteiger partial charge in [0.2, 0.25) is 0 Å². The Hall–Kier alpha value is -1.85. The molecule has 100 valence electrons. The molecule has 0 saturated heterocycles. The van der Waals surface area contributed by atoms with Crippen LogP contribution in [0.25, 0.3) is 0 Å². The minimum atomic E-state index is -1.07. The lowest BCUT2D eigenvalue weighted by Gasteiger charge is -2.15. The summed E-state index contributed by atoms with van der Waals surface area (Å²) in [4.78, 5) is 10.8. The second-order valence-corrected chi connectivity index (χ2v) is 3.83. The zero-order valence-corrected chi connectivity index (χ0v) is 10.3. The van der Waals surface area contributed by atoms with Gasteiger partial charge in [-0.1, -0.05) is 6.92 Å². The monoisotopic (exact) mass is 260 g/mol. The van der Waals surface area contributed by atoms with Gasteiger partial charge >= 0.3 is 5.97 Å². The minimum absolute atomic E-state index is 0.00866. The maximum absolute atomic E-state index is 13.7. The van der Waals surface area contributed by atoms with E-state index in [0.717, 1.165) is 0 Å². The molecule has 6 heteroatoms. The molecule has 1 rings (SSSR count). The number of hydrogen-bond acceptors (Lipinski definition) is 3. The Bertz CT molecular complexity index is 460. The van der Waals surface area contributed by atoms with Crippen molar-refractivity contribution in [2.45, 2.75) is 13.3 Å². The largest absolute Gasteiger partial charge is 0.492 e. The van der Waals surface area contributed by atoms with E-state index in [1.54, 1.807) is 0 Å². The molecule has 1 N–H and O–H groups in total. The van der Waals surface area contributed by atoms with Crippen molar-refractivity contribution in [1.29, 1.82) is 0 Å². The molecule has 0 fully saturated rings. The second-order valence-electron chi connectivity index (χ2n) is 3.83. The van der Waals surface area contributed by atoms with Crippen LogP contribution in [0.5, 0.6) is 11.5 Å². The van der Waals surface area contributed by atoms with Gasteiger partial charge in [0.25, 0.3) is 0 Å². The van der Waals surface area contributed by atoms with Crippen molar-refractivity contribution < 1.29 is 28.2 Å². The maximum atomic E-state index is 13.7. The first-order chi connectivity index (χ1) is 8.42. The molecular formula is C12H14F2O4. The van der Waals surface area contributed by atoms with Gasteiger partial charge in [0.05, 0.1) is 20.1 Å². The lowest BCUT2D eigenvalue weighted by atomic mass is 9.99. The molecule has 0 heterocycles. The fourth-order valence-corrected chi connectivity index (χ4v) is 1.61. The summed E-state index contributed by atoms with van der Waals surface area (Å²) in [5.74, 6) is -3.96. The first kappa shape index (κ1) is 14.2. The van der Waals surface area contributed by atoms with Crippen molar-refractivity contribution in [3.8, 4) is 11.5 Å². The number of hydrogen-bond donors (Lipinski definition) is 1. The van der Waals surface area contributed by atoms with Gasteiger partial charge in [-0.3, -0.25) is 4.79 Å². The van der Waals surface area contributed by atoms with E-state index in [2.05, 4.69) is 0 Å². The molecule has 1 aromatic rings. The molecule has 0 aromatic heterocycles. The van der Waals surface area contributed by atoms with Crippen LogP contribution in [0.1, 0.15) is 12.5 Å². The van der Waals surface area contributed by atoms with Crippen LogP contribution >= 0.6 is 0 Å². The Morgan fingerprint density at radius 2 is 1.83 bits per heavy atom. The normalized spacial score (nSPS) is 12.1. The predicted molar refractivity (Wildman–Crippen MR) is 60.0 cm³/mol. The topological polar surface area (TPSA) is 55.8 Å². The van der Waals surface area contributed by atoms with E-state index < -0.39 is 23.5 Å². The molecule has 1 aromatic carbocycles. The summed E-state index contributed by atoms with van der Waals surface area (Å²) in [5.41, 5.74) is -0.00866. The summed E-state index contributed by atoms with van der Waals surface area (Å²) in [7, 11) is 2.47. The molecule has 4 nitrogen and oxygen atoms in total. The van der Waals surface area contributed by atoms with Gasteiger partial charge in [-0.25, -0.2) is 8.78 Å². The highest BCUT2D eigenvalue weighted by atomic mass is 19.1. The van der Waals surface area contributed by atoms with E-state index in [9.17, 15) is 13.6 Å². The number of carboxylic acid groups (broad SMARTS) is 1. The zero-order valence-electron chi connectivity index (χ0n) is 10.3. The number of halogens is 2.